The Hall–Kier alpha value is -3.59. The fourth-order valence-corrected chi connectivity index (χ4v) is 2.08. The Kier molecular flexibility index (Phi) is 5.91. The number of ether oxygens (including phenoxy) is 1. The van der Waals surface area contributed by atoms with Crippen LogP contribution in [0, 0.1) is 11.3 Å². The van der Waals surface area contributed by atoms with E-state index in [0.717, 1.165) is 0 Å². The smallest absolute Gasteiger partial charge is 0.266 e. The van der Waals surface area contributed by atoms with Gasteiger partial charge < -0.3 is 15.4 Å². The van der Waals surface area contributed by atoms with Gasteiger partial charge in [-0.25, -0.2) is 0 Å². The number of amides is 2. The minimum absolute atomic E-state index is 0.0323. The van der Waals surface area contributed by atoms with Gasteiger partial charge in [0.2, 0.25) is 5.91 Å². The lowest BCUT2D eigenvalue weighted by Gasteiger charge is -2.06. The monoisotopic (exact) mass is 335 g/mol. The molecule has 0 aliphatic rings. The van der Waals surface area contributed by atoms with Crippen molar-refractivity contribution in [2.75, 3.05) is 17.7 Å². The van der Waals surface area contributed by atoms with Crippen LogP contribution in [0.4, 0.5) is 11.4 Å². The van der Waals surface area contributed by atoms with Gasteiger partial charge in [0, 0.05) is 24.4 Å². The molecule has 0 bridgehead atoms. The molecule has 0 saturated heterocycles. The van der Waals surface area contributed by atoms with Crippen LogP contribution in [0.2, 0.25) is 0 Å². The molecule has 0 aliphatic carbocycles. The molecule has 2 amide bonds. The Labute approximate surface area is 145 Å². The van der Waals surface area contributed by atoms with Crippen molar-refractivity contribution in [3.63, 3.8) is 0 Å². The summed E-state index contributed by atoms with van der Waals surface area (Å²) < 4.78 is 5.10. The van der Waals surface area contributed by atoms with E-state index in [1.54, 1.807) is 48.5 Å². The summed E-state index contributed by atoms with van der Waals surface area (Å²) in [6.07, 6.45) is 1.48. The van der Waals surface area contributed by atoms with Gasteiger partial charge in [-0.05, 0) is 35.9 Å². The van der Waals surface area contributed by atoms with Crippen molar-refractivity contribution in [3.8, 4) is 11.8 Å². The number of methoxy groups -OCH3 is 1. The minimum atomic E-state index is -0.512. The predicted molar refractivity (Wildman–Crippen MR) is 96.0 cm³/mol. The van der Waals surface area contributed by atoms with Crippen molar-refractivity contribution in [2.24, 2.45) is 0 Å². The highest BCUT2D eigenvalue weighted by atomic mass is 16.5. The van der Waals surface area contributed by atoms with E-state index in [2.05, 4.69) is 10.6 Å². The maximum Gasteiger partial charge on any atom is 0.266 e. The fraction of sp³-hybridized carbons (Fsp3) is 0.105. The van der Waals surface area contributed by atoms with E-state index in [-0.39, 0.29) is 11.5 Å². The third-order valence-corrected chi connectivity index (χ3v) is 3.23. The molecular formula is C19H17N3O3. The zero-order valence-corrected chi connectivity index (χ0v) is 13.9. The predicted octanol–water partition coefficient (Wildman–Crippen LogP) is 3.20. The molecule has 6 nitrogen and oxygen atoms in total. The van der Waals surface area contributed by atoms with Crippen LogP contribution in [0.15, 0.2) is 54.1 Å². The number of rotatable bonds is 5. The number of nitrogens with one attached hydrogen (secondary N) is 2. The summed E-state index contributed by atoms with van der Waals surface area (Å²) >= 11 is 0. The van der Waals surface area contributed by atoms with Crippen molar-refractivity contribution in [2.45, 2.75) is 6.92 Å². The molecular weight excluding hydrogens is 318 g/mol. The van der Waals surface area contributed by atoms with Crippen LogP contribution in [0.1, 0.15) is 12.5 Å². The van der Waals surface area contributed by atoms with E-state index in [1.807, 2.05) is 6.07 Å². The molecule has 0 atom stereocenters. The summed E-state index contributed by atoms with van der Waals surface area (Å²) in [5, 5.41) is 14.6. The number of anilines is 2. The summed E-state index contributed by atoms with van der Waals surface area (Å²) in [5.41, 5.74) is 1.82. The lowest BCUT2D eigenvalue weighted by Crippen LogP contribution is -2.13. The van der Waals surface area contributed by atoms with Crippen molar-refractivity contribution in [1.29, 1.82) is 5.26 Å². The average Bonchev–Trinajstić information content (AvgIpc) is 2.60. The quantitative estimate of drug-likeness (QED) is 0.648. The molecule has 0 aliphatic heterocycles. The topological polar surface area (TPSA) is 91.2 Å². The Morgan fingerprint density at radius 1 is 1.08 bits per heavy atom. The summed E-state index contributed by atoms with van der Waals surface area (Å²) in [6.45, 7) is 1.42. The molecule has 0 unspecified atom stereocenters. The first kappa shape index (κ1) is 17.8. The van der Waals surface area contributed by atoms with Gasteiger partial charge in [-0.3, -0.25) is 9.59 Å². The number of hydrogen-bond donors (Lipinski definition) is 2. The first-order valence-corrected chi connectivity index (χ1v) is 7.46. The van der Waals surface area contributed by atoms with Gasteiger partial charge in [-0.1, -0.05) is 18.2 Å². The number of nitriles is 1. The zero-order valence-electron chi connectivity index (χ0n) is 13.9. The Bertz CT molecular complexity index is 849. The fourth-order valence-electron chi connectivity index (χ4n) is 2.08. The molecule has 0 spiro atoms. The van der Waals surface area contributed by atoms with E-state index < -0.39 is 5.91 Å². The van der Waals surface area contributed by atoms with Crippen LogP contribution in [0.5, 0.6) is 5.75 Å². The molecule has 0 saturated carbocycles. The SMILES string of the molecule is COc1cccc(NC(=O)/C(C#N)=C/c2ccc(NC(C)=O)cc2)c1. The summed E-state index contributed by atoms with van der Waals surface area (Å²) in [6, 6.07) is 15.6. The standard InChI is InChI=1S/C19H17N3O3/c1-13(23)21-16-8-6-14(7-9-16)10-15(12-20)19(24)22-17-4-3-5-18(11-17)25-2/h3-11H,1-2H3,(H,21,23)(H,22,24)/b15-10+. The van der Waals surface area contributed by atoms with E-state index in [1.165, 1.54) is 20.1 Å². The maximum absolute atomic E-state index is 12.3. The van der Waals surface area contributed by atoms with E-state index in [9.17, 15) is 14.9 Å². The Balaban J connectivity index is 2.14. The summed E-state index contributed by atoms with van der Waals surface area (Å²) in [7, 11) is 1.53. The molecule has 2 rings (SSSR count). The lowest BCUT2D eigenvalue weighted by atomic mass is 10.1. The first-order chi connectivity index (χ1) is 12.0. The molecule has 0 radical (unpaired) electrons. The molecule has 2 N–H and O–H groups in total. The molecule has 0 aromatic heterocycles. The van der Waals surface area contributed by atoms with Gasteiger partial charge in [-0.15, -0.1) is 0 Å². The van der Waals surface area contributed by atoms with Crippen LogP contribution in [0.3, 0.4) is 0 Å². The molecule has 0 heterocycles. The molecule has 6 heteroatoms. The van der Waals surface area contributed by atoms with Gasteiger partial charge in [0.05, 0.1) is 7.11 Å². The second kappa shape index (κ2) is 8.31. The van der Waals surface area contributed by atoms with Gasteiger partial charge in [0.15, 0.2) is 0 Å². The molecule has 2 aromatic rings. The van der Waals surface area contributed by atoms with Crippen LogP contribution in [-0.2, 0) is 9.59 Å². The van der Waals surface area contributed by atoms with Crippen LogP contribution in [0.25, 0.3) is 6.08 Å². The highest BCUT2D eigenvalue weighted by Crippen LogP contribution is 2.18. The number of carbonyl (C=O) groups excluding carboxylic acids is 2. The molecule has 25 heavy (non-hydrogen) atoms. The van der Waals surface area contributed by atoms with Crippen molar-refractivity contribution in [1.82, 2.24) is 0 Å². The second-order valence-corrected chi connectivity index (χ2v) is 5.16. The van der Waals surface area contributed by atoms with Crippen LogP contribution >= 0.6 is 0 Å². The van der Waals surface area contributed by atoms with Gasteiger partial charge in [0.1, 0.15) is 17.4 Å². The molecule has 126 valence electrons. The van der Waals surface area contributed by atoms with Crippen molar-refractivity contribution >= 4 is 29.3 Å². The average molecular weight is 335 g/mol. The Morgan fingerprint density at radius 2 is 1.80 bits per heavy atom. The van der Waals surface area contributed by atoms with Crippen LogP contribution in [-0.4, -0.2) is 18.9 Å². The lowest BCUT2D eigenvalue weighted by molar-refractivity contribution is -0.114. The summed E-state index contributed by atoms with van der Waals surface area (Å²) in [5.74, 6) is -0.0748. The van der Waals surface area contributed by atoms with E-state index >= 15 is 0 Å². The van der Waals surface area contributed by atoms with E-state index in [4.69, 9.17) is 4.74 Å². The van der Waals surface area contributed by atoms with Crippen LogP contribution < -0.4 is 15.4 Å². The van der Waals surface area contributed by atoms with Crippen molar-refractivity contribution in [3.05, 3.63) is 59.7 Å². The first-order valence-electron chi connectivity index (χ1n) is 7.46. The largest absolute Gasteiger partial charge is 0.497 e. The number of nitrogens with zero attached hydrogens (tertiary/aromatic N) is 1. The third-order valence-electron chi connectivity index (χ3n) is 3.23. The van der Waals surface area contributed by atoms with Crippen molar-refractivity contribution < 1.29 is 14.3 Å². The maximum atomic E-state index is 12.3. The second-order valence-electron chi connectivity index (χ2n) is 5.16. The number of benzene rings is 2. The Morgan fingerprint density at radius 3 is 2.40 bits per heavy atom. The van der Waals surface area contributed by atoms with Gasteiger partial charge >= 0.3 is 0 Å². The third kappa shape index (κ3) is 5.22. The van der Waals surface area contributed by atoms with Gasteiger partial charge in [0.25, 0.3) is 5.91 Å². The minimum Gasteiger partial charge on any atom is -0.497 e. The molecule has 2 aromatic carbocycles. The summed E-state index contributed by atoms with van der Waals surface area (Å²) in [4.78, 5) is 23.3. The van der Waals surface area contributed by atoms with E-state index in [0.29, 0.717) is 22.7 Å². The zero-order chi connectivity index (χ0) is 18.2. The number of carbonyl (C=O) groups is 2. The normalized spacial score (nSPS) is 10.5. The highest BCUT2D eigenvalue weighted by Gasteiger charge is 2.10. The highest BCUT2D eigenvalue weighted by molar-refractivity contribution is 6.09. The number of hydrogen-bond acceptors (Lipinski definition) is 4. The molecule has 0 fully saturated rings. The van der Waals surface area contributed by atoms with Gasteiger partial charge in [-0.2, -0.15) is 5.26 Å².